The summed E-state index contributed by atoms with van der Waals surface area (Å²) in [6.45, 7) is 7.83. The molecule has 0 atom stereocenters. The quantitative estimate of drug-likeness (QED) is 0.779. The van der Waals surface area contributed by atoms with Gasteiger partial charge in [0.1, 0.15) is 0 Å². The van der Waals surface area contributed by atoms with Crippen molar-refractivity contribution >= 4 is 12.7 Å². The number of H-pyrrole nitrogens is 1. The normalized spacial score (nSPS) is 25.8. The van der Waals surface area contributed by atoms with Gasteiger partial charge in [0.05, 0.1) is 22.4 Å². The molecule has 0 bridgehead atoms. The van der Waals surface area contributed by atoms with E-state index in [0.29, 0.717) is 24.0 Å². The molecule has 2 N–H and O–H groups in total. The number of pyridine rings is 1. The third-order valence-corrected chi connectivity index (χ3v) is 4.67. The minimum absolute atomic E-state index is 0.173. The first-order chi connectivity index (χ1) is 9.16. The maximum Gasteiger partial charge on any atom is 0.512 e. The monoisotopic (exact) mass is 277 g/mol. The van der Waals surface area contributed by atoms with Gasteiger partial charge >= 0.3 is 7.12 Å². The lowest BCUT2D eigenvalue weighted by Crippen LogP contribution is -2.44. The van der Waals surface area contributed by atoms with Gasteiger partial charge in [-0.15, -0.1) is 0 Å². The van der Waals surface area contributed by atoms with Crippen LogP contribution < -0.4 is 11.0 Å². The fraction of sp³-hybridized carbons (Fsp3) is 0.643. The molecule has 0 amide bonds. The molecule has 0 unspecified atom stereocenters. The van der Waals surface area contributed by atoms with E-state index in [2.05, 4.69) is 4.98 Å². The third-order valence-electron chi connectivity index (χ3n) is 4.67. The molecule has 0 aromatic carbocycles. The molecule has 0 spiro atoms. The molecule has 3 rings (SSSR count). The number of aliphatic hydroxyl groups is 1. The van der Waals surface area contributed by atoms with E-state index in [9.17, 15) is 9.90 Å². The van der Waals surface area contributed by atoms with E-state index in [0.717, 1.165) is 0 Å². The van der Waals surface area contributed by atoms with Gasteiger partial charge < -0.3 is 19.4 Å². The minimum atomic E-state index is -1.02. The summed E-state index contributed by atoms with van der Waals surface area (Å²) in [6.07, 6.45) is 2.77. The van der Waals surface area contributed by atoms with Gasteiger partial charge in [0.15, 0.2) is 5.43 Å². The fourth-order valence-corrected chi connectivity index (χ4v) is 2.49. The molecule has 108 valence electrons. The lowest BCUT2D eigenvalue weighted by Gasteiger charge is -2.32. The Labute approximate surface area is 118 Å². The van der Waals surface area contributed by atoms with Gasteiger partial charge in [-0.1, -0.05) is 0 Å². The van der Waals surface area contributed by atoms with E-state index in [-0.39, 0.29) is 5.43 Å². The largest absolute Gasteiger partial charge is 0.512 e. The van der Waals surface area contributed by atoms with Crippen LogP contribution in [0.3, 0.4) is 0 Å². The minimum Gasteiger partial charge on any atom is -0.398 e. The fourth-order valence-electron chi connectivity index (χ4n) is 2.49. The van der Waals surface area contributed by atoms with Crippen LogP contribution in [0.2, 0.25) is 0 Å². The Kier molecular flexibility index (Phi) is 2.75. The standard InChI is InChI=1S/C14H20BNO4/c1-12(2)13(3,4)20-15(19-12)11-10(14(18)6-7-14)9(17)5-8-16-11/h5,8,18H,6-7H2,1-4H3,(H,16,17). The van der Waals surface area contributed by atoms with Gasteiger partial charge in [-0.25, -0.2) is 0 Å². The van der Waals surface area contributed by atoms with Crippen LogP contribution in [0, 0.1) is 0 Å². The Morgan fingerprint density at radius 2 is 1.75 bits per heavy atom. The van der Waals surface area contributed by atoms with Crippen molar-refractivity contribution in [2.75, 3.05) is 0 Å². The molecule has 1 aliphatic heterocycles. The van der Waals surface area contributed by atoms with Crippen LogP contribution in [0.15, 0.2) is 17.1 Å². The van der Waals surface area contributed by atoms with Crippen molar-refractivity contribution in [3.05, 3.63) is 28.0 Å². The summed E-state index contributed by atoms with van der Waals surface area (Å²) in [4.78, 5) is 15.1. The van der Waals surface area contributed by atoms with Crippen molar-refractivity contribution in [2.45, 2.75) is 57.3 Å². The first kappa shape index (κ1) is 13.9. The van der Waals surface area contributed by atoms with Crippen LogP contribution in [0.4, 0.5) is 0 Å². The average molecular weight is 277 g/mol. The van der Waals surface area contributed by atoms with Crippen LogP contribution >= 0.6 is 0 Å². The van der Waals surface area contributed by atoms with Crippen LogP contribution in [-0.2, 0) is 14.9 Å². The van der Waals surface area contributed by atoms with Crippen molar-refractivity contribution < 1.29 is 14.4 Å². The molecule has 1 saturated carbocycles. The number of nitrogens with one attached hydrogen (secondary N) is 1. The summed E-state index contributed by atoms with van der Waals surface area (Å²) < 4.78 is 11.9. The van der Waals surface area contributed by atoms with E-state index in [1.54, 1.807) is 6.20 Å². The molecule has 20 heavy (non-hydrogen) atoms. The highest BCUT2D eigenvalue weighted by Gasteiger charge is 2.55. The molecule has 6 heteroatoms. The zero-order chi connectivity index (χ0) is 14.8. The van der Waals surface area contributed by atoms with E-state index < -0.39 is 23.9 Å². The lowest BCUT2D eigenvalue weighted by molar-refractivity contribution is 0.00578. The van der Waals surface area contributed by atoms with Gasteiger partial charge in [0.25, 0.3) is 0 Å². The highest BCUT2D eigenvalue weighted by molar-refractivity contribution is 6.61. The van der Waals surface area contributed by atoms with E-state index in [1.165, 1.54) is 6.07 Å². The molecule has 2 heterocycles. The summed E-state index contributed by atoms with van der Waals surface area (Å²) in [5, 5.41) is 10.4. The highest BCUT2D eigenvalue weighted by Crippen LogP contribution is 2.44. The van der Waals surface area contributed by atoms with Crippen molar-refractivity contribution in [3.8, 4) is 0 Å². The molecule has 1 aromatic heterocycles. The maximum atomic E-state index is 12.1. The Morgan fingerprint density at radius 3 is 2.25 bits per heavy atom. The Hall–Kier alpha value is -1.11. The lowest BCUT2D eigenvalue weighted by atomic mass is 9.78. The second-order valence-corrected chi connectivity index (χ2v) is 6.75. The third kappa shape index (κ3) is 1.94. The van der Waals surface area contributed by atoms with Crippen molar-refractivity contribution in [1.82, 2.24) is 4.98 Å². The summed E-state index contributed by atoms with van der Waals surface area (Å²) >= 11 is 0. The molecule has 2 fully saturated rings. The number of aromatic amines is 1. The SMILES string of the molecule is CC1(C)OB(c2[nH]ccc(=O)c2C2(O)CC2)OC1(C)C. The number of hydrogen-bond acceptors (Lipinski definition) is 4. The van der Waals surface area contributed by atoms with Gasteiger partial charge in [0.2, 0.25) is 0 Å². The number of aromatic nitrogens is 1. The smallest absolute Gasteiger partial charge is 0.398 e. The predicted molar refractivity (Wildman–Crippen MR) is 75.9 cm³/mol. The average Bonchev–Trinajstić information content (AvgIpc) is 3.00. The first-order valence-electron chi connectivity index (χ1n) is 6.96. The summed E-state index contributed by atoms with van der Waals surface area (Å²) in [5.74, 6) is 0. The van der Waals surface area contributed by atoms with Crippen LogP contribution in [0.5, 0.6) is 0 Å². The van der Waals surface area contributed by atoms with E-state index >= 15 is 0 Å². The van der Waals surface area contributed by atoms with Crippen molar-refractivity contribution in [3.63, 3.8) is 0 Å². The van der Waals surface area contributed by atoms with Gasteiger partial charge in [-0.3, -0.25) is 4.79 Å². The van der Waals surface area contributed by atoms with Gasteiger partial charge in [-0.05, 0) is 40.5 Å². The number of rotatable bonds is 2. The second-order valence-electron chi connectivity index (χ2n) is 6.75. The molecule has 5 nitrogen and oxygen atoms in total. The molecular weight excluding hydrogens is 257 g/mol. The zero-order valence-corrected chi connectivity index (χ0v) is 12.3. The first-order valence-corrected chi connectivity index (χ1v) is 6.96. The molecule has 2 aliphatic rings. The topological polar surface area (TPSA) is 71.6 Å². The van der Waals surface area contributed by atoms with Gasteiger partial charge in [-0.2, -0.15) is 0 Å². The van der Waals surface area contributed by atoms with Gasteiger partial charge in [0, 0.05) is 17.8 Å². The molecule has 1 aliphatic carbocycles. The summed E-state index contributed by atoms with van der Waals surface area (Å²) in [6, 6.07) is 1.43. The maximum absolute atomic E-state index is 12.1. The molecule has 1 saturated heterocycles. The predicted octanol–water partition coefficient (Wildman–Crippen LogP) is 0.655. The van der Waals surface area contributed by atoms with E-state index in [4.69, 9.17) is 9.31 Å². The Bertz CT molecular complexity index is 587. The summed E-state index contributed by atoms with van der Waals surface area (Å²) in [7, 11) is -0.659. The van der Waals surface area contributed by atoms with Crippen LogP contribution in [0.25, 0.3) is 0 Å². The van der Waals surface area contributed by atoms with Crippen LogP contribution in [-0.4, -0.2) is 28.4 Å². The number of hydrogen-bond donors (Lipinski definition) is 2. The summed E-state index contributed by atoms with van der Waals surface area (Å²) in [5.41, 5.74) is -1.22. The van der Waals surface area contributed by atoms with E-state index in [1.807, 2.05) is 27.7 Å². The second kappa shape index (κ2) is 3.96. The molecule has 1 aromatic rings. The highest BCUT2D eigenvalue weighted by atomic mass is 16.7. The van der Waals surface area contributed by atoms with Crippen molar-refractivity contribution in [1.29, 1.82) is 0 Å². The molecule has 0 radical (unpaired) electrons. The van der Waals surface area contributed by atoms with Crippen LogP contribution in [0.1, 0.15) is 46.1 Å². The Morgan fingerprint density at radius 1 is 1.20 bits per heavy atom. The van der Waals surface area contributed by atoms with Crippen molar-refractivity contribution in [2.24, 2.45) is 0 Å². The zero-order valence-electron chi connectivity index (χ0n) is 12.3. The Balaban J connectivity index is 2.05. The molecular formula is C14H20BNO4.